The van der Waals surface area contributed by atoms with Gasteiger partial charge in [-0.2, -0.15) is 0 Å². The van der Waals surface area contributed by atoms with E-state index in [-0.39, 0.29) is 11.8 Å². The SMILES string of the molecule is COc1cccc(CNC(=O)C2CCN(Cc3ccccc3C)CC2)c1. The number of benzene rings is 2. The van der Waals surface area contributed by atoms with Gasteiger partial charge in [0.25, 0.3) is 0 Å². The highest BCUT2D eigenvalue weighted by Gasteiger charge is 2.24. The molecule has 4 heteroatoms. The molecule has 4 nitrogen and oxygen atoms in total. The molecule has 3 rings (SSSR count). The molecule has 0 aromatic heterocycles. The first-order valence-electron chi connectivity index (χ1n) is 9.33. The average molecular weight is 352 g/mol. The predicted molar refractivity (Wildman–Crippen MR) is 104 cm³/mol. The summed E-state index contributed by atoms with van der Waals surface area (Å²) in [6, 6.07) is 16.4. The molecule has 2 aromatic rings. The zero-order valence-corrected chi connectivity index (χ0v) is 15.7. The lowest BCUT2D eigenvalue weighted by Crippen LogP contribution is -2.40. The van der Waals surface area contributed by atoms with Gasteiger partial charge < -0.3 is 10.1 Å². The number of rotatable bonds is 6. The first-order valence-corrected chi connectivity index (χ1v) is 9.33. The molecule has 1 saturated heterocycles. The van der Waals surface area contributed by atoms with Gasteiger partial charge in [-0.3, -0.25) is 9.69 Å². The molecule has 1 aliphatic heterocycles. The summed E-state index contributed by atoms with van der Waals surface area (Å²) in [5, 5.41) is 3.08. The number of piperidine rings is 1. The normalized spacial score (nSPS) is 15.6. The Morgan fingerprint density at radius 2 is 1.92 bits per heavy atom. The van der Waals surface area contributed by atoms with E-state index >= 15 is 0 Å². The van der Waals surface area contributed by atoms with Crippen LogP contribution in [0.15, 0.2) is 48.5 Å². The van der Waals surface area contributed by atoms with Crippen molar-refractivity contribution in [3.8, 4) is 5.75 Å². The average Bonchev–Trinajstić information content (AvgIpc) is 2.68. The summed E-state index contributed by atoms with van der Waals surface area (Å²) in [5.41, 5.74) is 3.79. The van der Waals surface area contributed by atoms with Crippen LogP contribution in [0.3, 0.4) is 0 Å². The van der Waals surface area contributed by atoms with E-state index < -0.39 is 0 Å². The molecule has 0 unspecified atom stereocenters. The summed E-state index contributed by atoms with van der Waals surface area (Å²) in [7, 11) is 1.66. The van der Waals surface area contributed by atoms with Gasteiger partial charge in [0, 0.05) is 19.0 Å². The van der Waals surface area contributed by atoms with Crippen LogP contribution in [0, 0.1) is 12.8 Å². The lowest BCUT2D eigenvalue weighted by atomic mass is 9.95. The summed E-state index contributed by atoms with van der Waals surface area (Å²) < 4.78 is 5.23. The molecule has 0 saturated carbocycles. The highest BCUT2D eigenvalue weighted by molar-refractivity contribution is 5.78. The fraction of sp³-hybridized carbons (Fsp3) is 0.409. The molecule has 1 fully saturated rings. The second kappa shape index (κ2) is 8.86. The van der Waals surface area contributed by atoms with Crippen molar-refractivity contribution in [1.29, 1.82) is 0 Å². The number of aryl methyl sites for hydroxylation is 1. The number of carbonyl (C=O) groups is 1. The third kappa shape index (κ3) is 4.85. The number of ether oxygens (including phenoxy) is 1. The molecule has 0 aliphatic carbocycles. The number of amides is 1. The maximum atomic E-state index is 12.5. The Morgan fingerprint density at radius 1 is 1.15 bits per heavy atom. The third-order valence-electron chi connectivity index (χ3n) is 5.21. The van der Waals surface area contributed by atoms with Crippen LogP contribution < -0.4 is 10.1 Å². The zero-order chi connectivity index (χ0) is 18.4. The number of hydrogen-bond acceptors (Lipinski definition) is 3. The van der Waals surface area contributed by atoms with Crippen LogP contribution >= 0.6 is 0 Å². The number of nitrogens with zero attached hydrogens (tertiary/aromatic N) is 1. The van der Waals surface area contributed by atoms with E-state index in [2.05, 4.69) is 41.4 Å². The van der Waals surface area contributed by atoms with Crippen LogP contribution in [-0.4, -0.2) is 31.0 Å². The molecular formula is C22H28N2O2. The largest absolute Gasteiger partial charge is 0.497 e. The molecule has 0 spiro atoms. The summed E-state index contributed by atoms with van der Waals surface area (Å²) in [6.45, 7) is 5.65. The smallest absolute Gasteiger partial charge is 0.223 e. The second-order valence-electron chi connectivity index (χ2n) is 7.05. The topological polar surface area (TPSA) is 41.6 Å². The molecule has 1 heterocycles. The second-order valence-corrected chi connectivity index (χ2v) is 7.05. The molecule has 1 N–H and O–H groups in total. The van der Waals surface area contributed by atoms with E-state index in [1.807, 2.05) is 24.3 Å². The molecule has 138 valence electrons. The highest BCUT2D eigenvalue weighted by Crippen LogP contribution is 2.20. The number of likely N-dealkylation sites (tertiary alicyclic amines) is 1. The van der Waals surface area contributed by atoms with Crippen molar-refractivity contribution in [2.75, 3.05) is 20.2 Å². The first-order chi connectivity index (χ1) is 12.7. The molecule has 1 aliphatic rings. The molecule has 2 aromatic carbocycles. The molecule has 1 amide bonds. The van der Waals surface area contributed by atoms with Crippen molar-refractivity contribution in [3.05, 3.63) is 65.2 Å². The van der Waals surface area contributed by atoms with E-state index in [1.165, 1.54) is 11.1 Å². The molecule has 0 atom stereocenters. The van der Waals surface area contributed by atoms with Crippen molar-refractivity contribution in [2.24, 2.45) is 5.92 Å². The van der Waals surface area contributed by atoms with E-state index in [4.69, 9.17) is 4.74 Å². The van der Waals surface area contributed by atoms with Gasteiger partial charge in [-0.1, -0.05) is 36.4 Å². The lowest BCUT2D eigenvalue weighted by Gasteiger charge is -2.31. The summed E-state index contributed by atoms with van der Waals surface area (Å²) in [4.78, 5) is 14.9. The maximum Gasteiger partial charge on any atom is 0.223 e. The van der Waals surface area contributed by atoms with Crippen LogP contribution in [0.25, 0.3) is 0 Å². The third-order valence-corrected chi connectivity index (χ3v) is 5.21. The Labute approximate surface area is 156 Å². The van der Waals surface area contributed by atoms with Gasteiger partial charge in [-0.05, 0) is 61.7 Å². The van der Waals surface area contributed by atoms with Gasteiger partial charge in [0.1, 0.15) is 5.75 Å². The van der Waals surface area contributed by atoms with Crippen LogP contribution in [0.1, 0.15) is 29.5 Å². The fourth-order valence-electron chi connectivity index (χ4n) is 3.50. The molecular weight excluding hydrogens is 324 g/mol. The summed E-state index contributed by atoms with van der Waals surface area (Å²) >= 11 is 0. The van der Waals surface area contributed by atoms with E-state index in [9.17, 15) is 4.79 Å². The Morgan fingerprint density at radius 3 is 2.65 bits per heavy atom. The van der Waals surface area contributed by atoms with Gasteiger partial charge in [-0.25, -0.2) is 0 Å². The standard InChI is InChI=1S/C22H28N2O2/c1-17-6-3-4-8-20(17)16-24-12-10-19(11-13-24)22(25)23-15-18-7-5-9-21(14-18)26-2/h3-9,14,19H,10-13,15-16H2,1-2H3,(H,23,25). The van der Waals surface area contributed by atoms with Crippen LogP contribution in [0.2, 0.25) is 0 Å². The van der Waals surface area contributed by atoms with Gasteiger partial charge in [-0.15, -0.1) is 0 Å². The highest BCUT2D eigenvalue weighted by atomic mass is 16.5. The summed E-state index contributed by atoms with van der Waals surface area (Å²) in [5.74, 6) is 1.11. The van der Waals surface area contributed by atoms with Gasteiger partial charge in [0.2, 0.25) is 5.91 Å². The monoisotopic (exact) mass is 352 g/mol. The first kappa shape index (κ1) is 18.5. The Kier molecular flexibility index (Phi) is 6.29. The Hall–Kier alpha value is -2.33. The minimum Gasteiger partial charge on any atom is -0.497 e. The number of carbonyl (C=O) groups excluding carboxylic acids is 1. The van der Waals surface area contributed by atoms with Crippen molar-refractivity contribution in [2.45, 2.75) is 32.9 Å². The van der Waals surface area contributed by atoms with Crippen molar-refractivity contribution in [3.63, 3.8) is 0 Å². The van der Waals surface area contributed by atoms with Crippen molar-refractivity contribution >= 4 is 5.91 Å². The maximum absolute atomic E-state index is 12.5. The molecule has 0 radical (unpaired) electrons. The molecule has 26 heavy (non-hydrogen) atoms. The molecule has 0 bridgehead atoms. The van der Waals surface area contributed by atoms with Crippen LogP contribution in [0.4, 0.5) is 0 Å². The minimum atomic E-state index is 0.119. The predicted octanol–water partition coefficient (Wildman–Crippen LogP) is 3.53. The van der Waals surface area contributed by atoms with Gasteiger partial charge >= 0.3 is 0 Å². The van der Waals surface area contributed by atoms with E-state index in [1.54, 1.807) is 7.11 Å². The Balaban J connectivity index is 1.45. The van der Waals surface area contributed by atoms with Crippen molar-refractivity contribution < 1.29 is 9.53 Å². The minimum absolute atomic E-state index is 0.119. The van der Waals surface area contributed by atoms with E-state index in [0.717, 1.165) is 43.8 Å². The Bertz CT molecular complexity index is 736. The summed E-state index contributed by atoms with van der Waals surface area (Å²) in [6.07, 6.45) is 1.85. The number of methoxy groups -OCH3 is 1. The number of hydrogen-bond donors (Lipinski definition) is 1. The van der Waals surface area contributed by atoms with Gasteiger partial charge in [0.15, 0.2) is 0 Å². The lowest BCUT2D eigenvalue weighted by molar-refractivity contribution is -0.126. The fourth-order valence-corrected chi connectivity index (χ4v) is 3.50. The quantitative estimate of drug-likeness (QED) is 0.865. The van der Waals surface area contributed by atoms with Gasteiger partial charge in [0.05, 0.1) is 7.11 Å². The van der Waals surface area contributed by atoms with Crippen molar-refractivity contribution in [1.82, 2.24) is 10.2 Å². The zero-order valence-electron chi connectivity index (χ0n) is 15.7. The number of nitrogens with one attached hydrogen (secondary N) is 1. The van der Waals surface area contributed by atoms with Crippen LogP contribution in [0.5, 0.6) is 5.75 Å². The van der Waals surface area contributed by atoms with E-state index in [0.29, 0.717) is 6.54 Å². The van der Waals surface area contributed by atoms with Crippen LogP contribution in [-0.2, 0) is 17.9 Å².